The first-order chi connectivity index (χ1) is 10.3. The Balaban J connectivity index is 2.59. The van der Waals surface area contributed by atoms with Gasteiger partial charge in [0.15, 0.2) is 0 Å². The van der Waals surface area contributed by atoms with Gasteiger partial charge in [0.1, 0.15) is 5.82 Å². The van der Waals surface area contributed by atoms with Gasteiger partial charge in [0.05, 0.1) is 6.10 Å². The molecular formula is C17H27FN2O2. The molecule has 0 aliphatic rings. The monoisotopic (exact) mass is 310 g/mol. The molecule has 1 rings (SSSR count). The van der Waals surface area contributed by atoms with Gasteiger partial charge in [-0.15, -0.1) is 0 Å². The topological polar surface area (TPSA) is 89.3 Å². The highest BCUT2D eigenvalue weighted by atomic mass is 19.1. The van der Waals surface area contributed by atoms with Crippen molar-refractivity contribution in [3.05, 3.63) is 35.6 Å². The van der Waals surface area contributed by atoms with Crippen LogP contribution in [0.3, 0.4) is 0 Å². The van der Waals surface area contributed by atoms with Crippen molar-refractivity contribution >= 4 is 5.91 Å². The maximum absolute atomic E-state index is 13.6. The third kappa shape index (κ3) is 6.12. The predicted octanol–water partition coefficient (Wildman–Crippen LogP) is 1.98. The second-order valence-electron chi connectivity index (χ2n) is 6.33. The number of carbonyl (C=O) groups is 1. The minimum Gasteiger partial charge on any atom is -0.391 e. The molecule has 22 heavy (non-hydrogen) atoms. The van der Waals surface area contributed by atoms with E-state index in [1.165, 1.54) is 6.07 Å². The average molecular weight is 310 g/mol. The summed E-state index contributed by atoms with van der Waals surface area (Å²) in [6, 6.07) is 5.72. The Labute approximate surface area is 131 Å². The number of aliphatic hydroxyl groups excluding tert-OH is 1. The van der Waals surface area contributed by atoms with Crippen molar-refractivity contribution in [2.24, 2.45) is 23.3 Å². The zero-order chi connectivity index (χ0) is 16.7. The number of amides is 1. The van der Waals surface area contributed by atoms with Crippen LogP contribution in [0.5, 0.6) is 0 Å². The quantitative estimate of drug-likeness (QED) is 0.651. The largest absolute Gasteiger partial charge is 0.391 e. The molecule has 124 valence electrons. The Hall–Kier alpha value is -1.46. The zero-order valence-corrected chi connectivity index (χ0v) is 13.3. The molecule has 0 fully saturated rings. The molecule has 0 heterocycles. The van der Waals surface area contributed by atoms with Crippen LogP contribution in [0.4, 0.5) is 4.39 Å². The minimum atomic E-state index is -0.885. The van der Waals surface area contributed by atoms with E-state index in [9.17, 15) is 14.3 Å². The van der Waals surface area contributed by atoms with Crippen LogP contribution in [-0.2, 0) is 11.2 Å². The van der Waals surface area contributed by atoms with Crippen LogP contribution < -0.4 is 11.5 Å². The number of benzene rings is 1. The number of rotatable bonds is 9. The smallest absolute Gasteiger partial charge is 0.220 e. The highest BCUT2D eigenvalue weighted by Gasteiger charge is 2.24. The fourth-order valence-corrected chi connectivity index (χ4v) is 2.43. The maximum atomic E-state index is 13.6. The van der Waals surface area contributed by atoms with Crippen molar-refractivity contribution in [1.82, 2.24) is 0 Å². The summed E-state index contributed by atoms with van der Waals surface area (Å²) < 4.78 is 13.6. The van der Waals surface area contributed by atoms with Crippen LogP contribution >= 0.6 is 0 Å². The first kappa shape index (κ1) is 18.6. The number of halogens is 1. The lowest BCUT2D eigenvalue weighted by molar-refractivity contribution is -0.123. The minimum absolute atomic E-state index is 0.220. The number of hydrogen-bond acceptors (Lipinski definition) is 3. The summed E-state index contributed by atoms with van der Waals surface area (Å²) >= 11 is 0. The Morgan fingerprint density at radius 2 is 1.91 bits per heavy atom. The number of carbonyl (C=O) groups excluding carboxylic acids is 1. The molecule has 0 aromatic heterocycles. The Morgan fingerprint density at radius 1 is 1.27 bits per heavy atom. The molecule has 5 heteroatoms. The second-order valence-corrected chi connectivity index (χ2v) is 6.33. The lowest BCUT2D eigenvalue weighted by Crippen LogP contribution is -2.40. The molecule has 0 radical (unpaired) electrons. The molecule has 5 N–H and O–H groups in total. The predicted molar refractivity (Wildman–Crippen MR) is 85.5 cm³/mol. The lowest BCUT2D eigenvalue weighted by atomic mass is 9.89. The van der Waals surface area contributed by atoms with Crippen LogP contribution in [0.15, 0.2) is 24.3 Å². The second kappa shape index (κ2) is 8.86. The molecule has 0 bridgehead atoms. The highest BCUT2D eigenvalue weighted by Crippen LogP contribution is 2.19. The van der Waals surface area contributed by atoms with Gasteiger partial charge in [0, 0.05) is 12.0 Å². The molecule has 0 aliphatic heterocycles. The molecule has 0 spiro atoms. The van der Waals surface area contributed by atoms with Gasteiger partial charge in [-0.25, -0.2) is 4.39 Å². The molecular weight excluding hydrogens is 283 g/mol. The Kier molecular flexibility index (Phi) is 7.48. The highest BCUT2D eigenvalue weighted by molar-refractivity contribution is 5.76. The van der Waals surface area contributed by atoms with E-state index in [2.05, 4.69) is 13.8 Å². The Bertz CT molecular complexity index is 479. The molecule has 1 aromatic rings. The van der Waals surface area contributed by atoms with E-state index < -0.39 is 24.0 Å². The molecule has 0 aliphatic carbocycles. The van der Waals surface area contributed by atoms with Gasteiger partial charge in [-0.2, -0.15) is 0 Å². The molecule has 3 atom stereocenters. The summed E-state index contributed by atoms with van der Waals surface area (Å²) in [6.07, 6.45) is 1.06. The molecule has 1 aromatic carbocycles. The number of nitrogens with two attached hydrogens (primary N) is 2. The van der Waals surface area contributed by atoms with Gasteiger partial charge in [-0.3, -0.25) is 4.79 Å². The fourth-order valence-electron chi connectivity index (χ4n) is 2.43. The summed E-state index contributed by atoms with van der Waals surface area (Å²) in [4.78, 5) is 11.5. The van der Waals surface area contributed by atoms with Crippen molar-refractivity contribution in [3.63, 3.8) is 0 Å². The van der Waals surface area contributed by atoms with Gasteiger partial charge < -0.3 is 16.6 Å². The van der Waals surface area contributed by atoms with E-state index in [-0.39, 0.29) is 18.7 Å². The molecule has 0 saturated heterocycles. The van der Waals surface area contributed by atoms with Gasteiger partial charge in [0.25, 0.3) is 0 Å². The van der Waals surface area contributed by atoms with Crippen molar-refractivity contribution < 1.29 is 14.3 Å². The van der Waals surface area contributed by atoms with Crippen LogP contribution in [0.25, 0.3) is 0 Å². The van der Waals surface area contributed by atoms with E-state index in [0.29, 0.717) is 17.9 Å². The van der Waals surface area contributed by atoms with E-state index >= 15 is 0 Å². The number of aliphatic hydroxyl groups is 1. The average Bonchev–Trinajstić information content (AvgIpc) is 2.44. The van der Waals surface area contributed by atoms with Gasteiger partial charge in [-0.1, -0.05) is 38.5 Å². The molecule has 0 unspecified atom stereocenters. The molecule has 1 amide bonds. The van der Waals surface area contributed by atoms with Crippen LogP contribution in [0, 0.1) is 17.7 Å². The third-order valence-corrected chi connectivity index (χ3v) is 3.93. The van der Waals surface area contributed by atoms with Gasteiger partial charge in [0.2, 0.25) is 5.91 Å². The van der Waals surface area contributed by atoms with Gasteiger partial charge in [-0.05, 0) is 36.8 Å². The van der Waals surface area contributed by atoms with E-state index in [1.807, 2.05) is 0 Å². The van der Waals surface area contributed by atoms with Crippen LogP contribution in [0.2, 0.25) is 0 Å². The summed E-state index contributed by atoms with van der Waals surface area (Å²) in [5, 5.41) is 10.2. The zero-order valence-electron chi connectivity index (χ0n) is 13.3. The first-order valence-corrected chi connectivity index (χ1v) is 7.77. The van der Waals surface area contributed by atoms with Crippen molar-refractivity contribution in [2.45, 2.75) is 51.7 Å². The van der Waals surface area contributed by atoms with Crippen molar-refractivity contribution in [2.75, 3.05) is 0 Å². The van der Waals surface area contributed by atoms with Crippen LogP contribution in [-0.4, -0.2) is 23.2 Å². The standard InChI is InChI=1S/C17H27FN2O2/c1-11(2)7-8-13(17(20)22)10-16(21)15(19)9-12-5-3-4-6-14(12)18/h3-6,11,13,15-16,21H,7-10,19H2,1-2H3,(H2,20,22)/t13-,15+,16+/m1/s1. The van der Waals surface area contributed by atoms with E-state index in [0.717, 1.165) is 6.42 Å². The Morgan fingerprint density at radius 3 is 2.45 bits per heavy atom. The first-order valence-electron chi connectivity index (χ1n) is 7.77. The fraction of sp³-hybridized carbons (Fsp3) is 0.588. The lowest BCUT2D eigenvalue weighted by Gasteiger charge is -2.23. The van der Waals surface area contributed by atoms with E-state index in [1.54, 1.807) is 18.2 Å². The molecule has 0 saturated carbocycles. The number of primary amides is 1. The normalized spacial score (nSPS) is 15.5. The van der Waals surface area contributed by atoms with Gasteiger partial charge >= 0.3 is 0 Å². The SMILES string of the molecule is CC(C)CC[C@H](C[C@H](O)[C@@H](N)Cc1ccccc1F)C(N)=O. The van der Waals surface area contributed by atoms with E-state index in [4.69, 9.17) is 11.5 Å². The summed E-state index contributed by atoms with van der Waals surface area (Å²) in [6.45, 7) is 4.14. The van der Waals surface area contributed by atoms with Crippen LogP contribution in [0.1, 0.15) is 38.7 Å². The van der Waals surface area contributed by atoms with Crippen molar-refractivity contribution in [1.29, 1.82) is 0 Å². The maximum Gasteiger partial charge on any atom is 0.220 e. The summed E-state index contributed by atoms with van der Waals surface area (Å²) in [7, 11) is 0. The molecule has 4 nitrogen and oxygen atoms in total. The third-order valence-electron chi connectivity index (χ3n) is 3.93. The summed E-state index contributed by atoms with van der Waals surface area (Å²) in [5.74, 6) is -0.690. The summed E-state index contributed by atoms with van der Waals surface area (Å²) in [5.41, 5.74) is 11.8. The van der Waals surface area contributed by atoms with Crippen molar-refractivity contribution in [3.8, 4) is 0 Å². The number of hydrogen-bond donors (Lipinski definition) is 3.